The van der Waals surface area contributed by atoms with Gasteiger partial charge in [0.05, 0.1) is 11.2 Å². The van der Waals surface area contributed by atoms with Gasteiger partial charge >= 0.3 is 0 Å². The van der Waals surface area contributed by atoms with E-state index in [0.29, 0.717) is 0 Å². The summed E-state index contributed by atoms with van der Waals surface area (Å²) in [7, 11) is 0. The van der Waals surface area contributed by atoms with Gasteiger partial charge in [0.2, 0.25) is 0 Å². The normalized spacial score (nSPS) is 20.2. The summed E-state index contributed by atoms with van der Waals surface area (Å²) >= 11 is 3.35. The molecule has 1 fully saturated rings. The number of halogens is 1. The van der Waals surface area contributed by atoms with E-state index < -0.39 is 0 Å². The lowest BCUT2D eigenvalue weighted by molar-refractivity contribution is 0.246. The fraction of sp³-hybridized carbons (Fsp3) is 0.444. The Labute approximate surface area is 80.3 Å². The molecule has 0 aromatic carbocycles. The lowest BCUT2D eigenvalue weighted by Crippen LogP contribution is -2.43. The molecule has 0 saturated heterocycles. The van der Waals surface area contributed by atoms with Gasteiger partial charge in [-0.3, -0.25) is 4.98 Å². The minimum atomic E-state index is -0.124. The van der Waals surface area contributed by atoms with Crippen LogP contribution in [0.3, 0.4) is 0 Å². The van der Waals surface area contributed by atoms with E-state index in [9.17, 15) is 0 Å². The van der Waals surface area contributed by atoms with E-state index in [1.165, 1.54) is 6.42 Å². The van der Waals surface area contributed by atoms with E-state index in [1.807, 2.05) is 18.3 Å². The quantitative estimate of drug-likeness (QED) is 0.798. The highest BCUT2D eigenvalue weighted by Gasteiger charge is 2.35. The Balaban J connectivity index is 2.28. The number of rotatable bonds is 1. The first kappa shape index (κ1) is 8.20. The van der Waals surface area contributed by atoms with Crippen molar-refractivity contribution in [2.24, 2.45) is 5.73 Å². The van der Waals surface area contributed by atoms with Gasteiger partial charge in [-0.1, -0.05) is 0 Å². The standard InChI is InChI=1S/C9H11BrN2/c10-7-2-3-8(12-6-7)9(11)4-1-5-9/h2-3,6H,1,4-5,11H2. The van der Waals surface area contributed by atoms with Crippen molar-refractivity contribution in [1.82, 2.24) is 4.98 Å². The lowest BCUT2D eigenvalue weighted by Gasteiger charge is -2.37. The Kier molecular flexibility index (Phi) is 1.93. The third-order valence-electron chi connectivity index (χ3n) is 2.48. The maximum absolute atomic E-state index is 6.10. The van der Waals surface area contributed by atoms with Crippen molar-refractivity contribution in [2.75, 3.05) is 0 Å². The second-order valence-corrected chi connectivity index (χ2v) is 4.29. The predicted octanol–water partition coefficient (Wildman–Crippen LogP) is 2.18. The Morgan fingerprint density at radius 2 is 2.17 bits per heavy atom. The summed E-state index contributed by atoms with van der Waals surface area (Å²) in [5.41, 5.74) is 7.00. The highest BCUT2D eigenvalue weighted by molar-refractivity contribution is 9.10. The summed E-state index contributed by atoms with van der Waals surface area (Å²) in [6.07, 6.45) is 5.18. The third kappa shape index (κ3) is 1.27. The van der Waals surface area contributed by atoms with Crippen LogP contribution in [0.15, 0.2) is 22.8 Å². The molecule has 0 amide bonds. The van der Waals surface area contributed by atoms with Crippen molar-refractivity contribution in [2.45, 2.75) is 24.8 Å². The average Bonchev–Trinajstić information content (AvgIpc) is 2.02. The first-order chi connectivity index (χ1) is 5.71. The highest BCUT2D eigenvalue weighted by atomic mass is 79.9. The van der Waals surface area contributed by atoms with Gasteiger partial charge in [-0.05, 0) is 47.3 Å². The van der Waals surface area contributed by atoms with Crippen LogP contribution in [0.4, 0.5) is 0 Å². The van der Waals surface area contributed by atoms with E-state index in [-0.39, 0.29) is 5.54 Å². The van der Waals surface area contributed by atoms with Gasteiger partial charge in [-0.25, -0.2) is 0 Å². The summed E-state index contributed by atoms with van der Waals surface area (Å²) in [6.45, 7) is 0. The number of aromatic nitrogens is 1. The van der Waals surface area contributed by atoms with Gasteiger partial charge in [0.25, 0.3) is 0 Å². The molecule has 0 spiro atoms. The maximum Gasteiger partial charge on any atom is 0.0603 e. The fourth-order valence-corrected chi connectivity index (χ4v) is 1.72. The van der Waals surface area contributed by atoms with Crippen molar-refractivity contribution in [3.8, 4) is 0 Å². The van der Waals surface area contributed by atoms with Crippen LogP contribution < -0.4 is 5.73 Å². The molecular formula is C9H11BrN2. The molecule has 1 aliphatic rings. The third-order valence-corrected chi connectivity index (χ3v) is 2.95. The molecule has 0 radical (unpaired) electrons. The van der Waals surface area contributed by atoms with Crippen LogP contribution in [-0.2, 0) is 5.54 Å². The number of hydrogen-bond donors (Lipinski definition) is 1. The first-order valence-corrected chi connectivity index (χ1v) is 4.91. The monoisotopic (exact) mass is 226 g/mol. The van der Waals surface area contributed by atoms with Crippen LogP contribution in [0.1, 0.15) is 25.0 Å². The van der Waals surface area contributed by atoms with Gasteiger partial charge in [0.15, 0.2) is 0 Å². The lowest BCUT2D eigenvalue weighted by atomic mass is 9.75. The van der Waals surface area contributed by atoms with Gasteiger partial charge in [0, 0.05) is 10.7 Å². The van der Waals surface area contributed by atoms with Crippen LogP contribution in [0, 0.1) is 0 Å². The van der Waals surface area contributed by atoms with Gasteiger partial charge in [-0.15, -0.1) is 0 Å². The molecule has 12 heavy (non-hydrogen) atoms. The minimum Gasteiger partial charge on any atom is -0.320 e. The van der Waals surface area contributed by atoms with E-state index >= 15 is 0 Å². The molecule has 0 bridgehead atoms. The van der Waals surface area contributed by atoms with Crippen LogP contribution in [0.5, 0.6) is 0 Å². The topological polar surface area (TPSA) is 38.9 Å². The summed E-state index contributed by atoms with van der Waals surface area (Å²) < 4.78 is 1.01. The Morgan fingerprint density at radius 3 is 2.58 bits per heavy atom. The molecule has 1 aliphatic carbocycles. The molecular weight excluding hydrogens is 216 g/mol. The fourth-order valence-electron chi connectivity index (χ4n) is 1.48. The maximum atomic E-state index is 6.10. The zero-order chi connectivity index (χ0) is 8.60. The number of pyridine rings is 1. The van der Waals surface area contributed by atoms with Crippen molar-refractivity contribution < 1.29 is 0 Å². The van der Waals surface area contributed by atoms with Crippen molar-refractivity contribution in [1.29, 1.82) is 0 Å². The number of nitrogens with two attached hydrogens (primary N) is 1. The first-order valence-electron chi connectivity index (χ1n) is 4.12. The van der Waals surface area contributed by atoms with Crippen LogP contribution in [0.2, 0.25) is 0 Å². The molecule has 2 N–H and O–H groups in total. The highest BCUT2D eigenvalue weighted by Crippen LogP contribution is 2.37. The summed E-state index contributed by atoms with van der Waals surface area (Å²) in [4.78, 5) is 4.30. The van der Waals surface area contributed by atoms with Crippen LogP contribution >= 0.6 is 15.9 Å². The molecule has 1 aromatic heterocycles. The summed E-state index contributed by atoms with van der Waals surface area (Å²) in [5, 5.41) is 0. The zero-order valence-electron chi connectivity index (χ0n) is 6.76. The summed E-state index contributed by atoms with van der Waals surface area (Å²) in [6, 6.07) is 4.00. The molecule has 0 atom stereocenters. The van der Waals surface area contributed by atoms with Crippen molar-refractivity contribution in [3.63, 3.8) is 0 Å². The second-order valence-electron chi connectivity index (χ2n) is 3.37. The smallest absolute Gasteiger partial charge is 0.0603 e. The number of hydrogen-bond acceptors (Lipinski definition) is 2. The van der Waals surface area contributed by atoms with E-state index in [1.54, 1.807) is 0 Å². The molecule has 2 nitrogen and oxygen atoms in total. The SMILES string of the molecule is NC1(c2ccc(Br)cn2)CCC1. The number of nitrogens with zero attached hydrogens (tertiary/aromatic N) is 1. The molecule has 1 heterocycles. The van der Waals surface area contributed by atoms with Gasteiger partial charge in [0.1, 0.15) is 0 Å². The molecule has 64 valence electrons. The average molecular weight is 227 g/mol. The van der Waals surface area contributed by atoms with Gasteiger partial charge < -0.3 is 5.73 Å². The van der Waals surface area contributed by atoms with Crippen molar-refractivity contribution in [3.05, 3.63) is 28.5 Å². The molecule has 0 aliphatic heterocycles. The van der Waals surface area contributed by atoms with E-state index in [0.717, 1.165) is 23.0 Å². The summed E-state index contributed by atoms with van der Waals surface area (Å²) in [5.74, 6) is 0. The predicted molar refractivity (Wildman–Crippen MR) is 51.7 cm³/mol. The minimum absolute atomic E-state index is 0.124. The van der Waals surface area contributed by atoms with Gasteiger partial charge in [-0.2, -0.15) is 0 Å². The molecule has 1 saturated carbocycles. The Hall–Kier alpha value is -0.410. The molecule has 0 unspecified atom stereocenters. The zero-order valence-corrected chi connectivity index (χ0v) is 8.34. The Bertz CT molecular complexity index is 277. The van der Waals surface area contributed by atoms with Crippen molar-refractivity contribution >= 4 is 15.9 Å². The largest absolute Gasteiger partial charge is 0.320 e. The Morgan fingerprint density at radius 1 is 1.42 bits per heavy atom. The van der Waals surface area contributed by atoms with E-state index in [2.05, 4.69) is 20.9 Å². The second kappa shape index (κ2) is 2.82. The van der Waals surface area contributed by atoms with E-state index in [4.69, 9.17) is 5.73 Å². The molecule has 3 heteroatoms. The molecule has 1 aromatic rings. The molecule has 2 rings (SSSR count). The van der Waals surface area contributed by atoms with Crippen LogP contribution in [0.25, 0.3) is 0 Å². The van der Waals surface area contributed by atoms with Crippen LogP contribution in [-0.4, -0.2) is 4.98 Å².